The van der Waals surface area contributed by atoms with Crippen LogP contribution in [0.15, 0.2) is 54.5 Å². The lowest BCUT2D eigenvalue weighted by Crippen LogP contribution is -2.38. The predicted molar refractivity (Wildman–Crippen MR) is 98.1 cm³/mol. The number of carbonyl (C=O) groups excluding carboxylic acids is 3. The molecule has 1 aliphatic rings. The molecule has 1 aliphatic heterocycles. The molecule has 4 amide bonds. The van der Waals surface area contributed by atoms with Gasteiger partial charge in [-0.15, -0.1) is 0 Å². The maximum atomic E-state index is 12.4. The van der Waals surface area contributed by atoms with Crippen LogP contribution in [0.25, 0.3) is 6.08 Å². The quantitative estimate of drug-likeness (QED) is 0.641. The van der Waals surface area contributed by atoms with Gasteiger partial charge in [-0.3, -0.25) is 9.59 Å². The van der Waals surface area contributed by atoms with E-state index in [4.69, 9.17) is 0 Å². The Labute approximate surface area is 151 Å². The topological polar surface area (TPSA) is 83.4 Å². The van der Waals surface area contributed by atoms with Gasteiger partial charge in [-0.2, -0.15) is 0 Å². The van der Waals surface area contributed by atoms with E-state index in [0.29, 0.717) is 11.7 Å². The van der Waals surface area contributed by atoms with E-state index in [-0.39, 0.29) is 12.2 Å². The first-order chi connectivity index (χ1) is 12.4. The highest BCUT2D eigenvalue weighted by atomic mass is 16.2. The molecule has 0 bridgehead atoms. The van der Waals surface area contributed by atoms with Gasteiger partial charge in [0.15, 0.2) is 0 Å². The van der Waals surface area contributed by atoms with Crippen molar-refractivity contribution < 1.29 is 14.4 Å². The second-order valence-electron chi connectivity index (χ2n) is 6.28. The molecule has 2 aromatic rings. The summed E-state index contributed by atoms with van der Waals surface area (Å²) < 4.78 is 2.00. The number of nitrogens with one attached hydrogen (secondary N) is 2. The third kappa shape index (κ3) is 3.83. The van der Waals surface area contributed by atoms with Crippen LogP contribution in [0.2, 0.25) is 0 Å². The van der Waals surface area contributed by atoms with E-state index in [2.05, 4.69) is 10.6 Å². The zero-order valence-electron chi connectivity index (χ0n) is 14.6. The number of para-hydroxylation sites is 1. The fourth-order valence-corrected chi connectivity index (χ4v) is 2.58. The van der Waals surface area contributed by atoms with E-state index in [0.717, 1.165) is 10.5 Å². The number of benzene rings is 1. The minimum atomic E-state index is -0.604. The number of carbonyl (C=O) groups is 3. The van der Waals surface area contributed by atoms with Crippen molar-refractivity contribution in [3.05, 3.63) is 60.1 Å². The lowest BCUT2D eigenvalue weighted by atomic mass is 10.2. The zero-order chi connectivity index (χ0) is 18.7. The number of urea groups is 1. The maximum absolute atomic E-state index is 12.4. The molecule has 1 saturated heterocycles. The van der Waals surface area contributed by atoms with Gasteiger partial charge in [-0.1, -0.05) is 18.2 Å². The average molecular weight is 352 g/mol. The molecule has 1 fully saturated rings. The van der Waals surface area contributed by atoms with Gasteiger partial charge in [0.2, 0.25) is 5.91 Å². The number of anilines is 1. The SMILES string of the molecule is CC(C)n1ccc(/C=C2/NC(=O)N(CC(=O)Nc3ccccc3)C2=O)c1. The van der Waals surface area contributed by atoms with Crippen LogP contribution in [0.1, 0.15) is 25.5 Å². The standard InChI is InChI=1S/C19H20N4O3/c1-13(2)22-9-8-14(11-22)10-16-18(25)23(19(26)21-16)12-17(24)20-15-6-4-3-5-7-15/h3-11,13H,12H2,1-2H3,(H,20,24)(H,21,26)/b16-10+. The van der Waals surface area contributed by atoms with Crippen molar-refractivity contribution >= 4 is 29.6 Å². The molecule has 134 valence electrons. The van der Waals surface area contributed by atoms with Crippen LogP contribution in [-0.4, -0.2) is 33.9 Å². The highest BCUT2D eigenvalue weighted by Gasteiger charge is 2.34. The maximum Gasteiger partial charge on any atom is 0.329 e. The Balaban J connectivity index is 1.68. The van der Waals surface area contributed by atoms with E-state index < -0.39 is 17.8 Å². The third-order valence-electron chi connectivity index (χ3n) is 3.97. The summed E-state index contributed by atoms with van der Waals surface area (Å²) in [7, 11) is 0. The molecule has 0 atom stereocenters. The zero-order valence-corrected chi connectivity index (χ0v) is 14.6. The monoisotopic (exact) mass is 352 g/mol. The minimum Gasteiger partial charge on any atom is -0.351 e. The molecule has 7 heteroatoms. The largest absolute Gasteiger partial charge is 0.351 e. The Morgan fingerprint density at radius 1 is 1.19 bits per heavy atom. The molecule has 1 aromatic heterocycles. The highest BCUT2D eigenvalue weighted by molar-refractivity contribution is 6.15. The van der Waals surface area contributed by atoms with Gasteiger partial charge >= 0.3 is 6.03 Å². The van der Waals surface area contributed by atoms with Crippen LogP contribution >= 0.6 is 0 Å². The summed E-state index contributed by atoms with van der Waals surface area (Å²) in [4.78, 5) is 37.5. The Kier molecular flexibility index (Phi) is 4.88. The van der Waals surface area contributed by atoms with Gasteiger partial charge < -0.3 is 15.2 Å². The Bertz CT molecular complexity index is 868. The van der Waals surface area contributed by atoms with E-state index in [1.165, 1.54) is 0 Å². The molecule has 0 unspecified atom stereocenters. The smallest absolute Gasteiger partial charge is 0.329 e. The van der Waals surface area contributed by atoms with Gasteiger partial charge in [0.25, 0.3) is 5.91 Å². The molecule has 7 nitrogen and oxygen atoms in total. The Hall–Kier alpha value is -3.35. The van der Waals surface area contributed by atoms with Crippen molar-refractivity contribution in [1.82, 2.24) is 14.8 Å². The summed E-state index contributed by atoms with van der Waals surface area (Å²) in [5, 5.41) is 5.17. The summed E-state index contributed by atoms with van der Waals surface area (Å²) >= 11 is 0. The highest BCUT2D eigenvalue weighted by Crippen LogP contribution is 2.16. The first-order valence-corrected chi connectivity index (χ1v) is 8.31. The Morgan fingerprint density at radius 3 is 2.58 bits per heavy atom. The van der Waals surface area contributed by atoms with Crippen molar-refractivity contribution in [2.75, 3.05) is 11.9 Å². The first-order valence-electron chi connectivity index (χ1n) is 8.31. The van der Waals surface area contributed by atoms with Crippen molar-refractivity contribution in [1.29, 1.82) is 0 Å². The number of aromatic nitrogens is 1. The molecule has 0 spiro atoms. The van der Waals surface area contributed by atoms with E-state index >= 15 is 0 Å². The van der Waals surface area contributed by atoms with E-state index in [9.17, 15) is 14.4 Å². The second-order valence-corrected chi connectivity index (χ2v) is 6.28. The van der Waals surface area contributed by atoms with Crippen LogP contribution in [0.3, 0.4) is 0 Å². The molecule has 2 heterocycles. The lowest BCUT2D eigenvalue weighted by molar-refractivity contribution is -0.127. The van der Waals surface area contributed by atoms with Gasteiger partial charge in [-0.05, 0) is 43.7 Å². The molecule has 0 radical (unpaired) electrons. The summed E-state index contributed by atoms with van der Waals surface area (Å²) in [6, 6.07) is 10.4. The van der Waals surface area contributed by atoms with Crippen LogP contribution in [0.4, 0.5) is 10.5 Å². The van der Waals surface area contributed by atoms with Gasteiger partial charge in [-0.25, -0.2) is 9.69 Å². The summed E-state index contributed by atoms with van der Waals surface area (Å²) in [5.74, 6) is -0.956. The molecular weight excluding hydrogens is 332 g/mol. The van der Waals surface area contributed by atoms with Crippen molar-refractivity contribution in [2.45, 2.75) is 19.9 Å². The predicted octanol–water partition coefficient (Wildman–Crippen LogP) is 2.60. The minimum absolute atomic E-state index is 0.156. The molecule has 0 saturated carbocycles. The number of hydrogen-bond donors (Lipinski definition) is 2. The third-order valence-corrected chi connectivity index (χ3v) is 3.97. The first kappa shape index (κ1) is 17.5. The number of nitrogens with zero attached hydrogens (tertiary/aromatic N) is 2. The van der Waals surface area contributed by atoms with E-state index in [1.807, 2.05) is 42.9 Å². The van der Waals surface area contributed by atoms with Crippen LogP contribution < -0.4 is 10.6 Å². The molecule has 1 aromatic carbocycles. The van der Waals surface area contributed by atoms with Crippen LogP contribution in [0, 0.1) is 0 Å². The fourth-order valence-electron chi connectivity index (χ4n) is 2.58. The van der Waals surface area contributed by atoms with E-state index in [1.54, 1.807) is 30.3 Å². The number of hydrogen-bond acceptors (Lipinski definition) is 3. The molecule has 0 aliphatic carbocycles. The van der Waals surface area contributed by atoms with Crippen molar-refractivity contribution in [3.63, 3.8) is 0 Å². The van der Waals surface area contributed by atoms with Gasteiger partial charge in [0.1, 0.15) is 12.2 Å². The normalized spacial score (nSPS) is 15.7. The second kappa shape index (κ2) is 7.26. The molecular formula is C19H20N4O3. The van der Waals surface area contributed by atoms with Crippen LogP contribution in [-0.2, 0) is 9.59 Å². The number of amides is 4. The number of imide groups is 1. The summed E-state index contributed by atoms with van der Waals surface area (Å²) in [6.45, 7) is 3.75. The Morgan fingerprint density at radius 2 is 1.92 bits per heavy atom. The average Bonchev–Trinajstić information content (AvgIpc) is 3.17. The fraction of sp³-hybridized carbons (Fsp3) is 0.211. The molecule has 3 rings (SSSR count). The summed E-state index contributed by atoms with van der Waals surface area (Å²) in [5.41, 5.74) is 1.57. The number of rotatable bonds is 5. The van der Waals surface area contributed by atoms with Gasteiger partial charge in [0.05, 0.1) is 0 Å². The summed E-state index contributed by atoms with van der Waals surface area (Å²) in [6.07, 6.45) is 5.40. The van der Waals surface area contributed by atoms with Crippen LogP contribution in [0.5, 0.6) is 0 Å². The van der Waals surface area contributed by atoms with Crippen molar-refractivity contribution in [3.8, 4) is 0 Å². The molecule has 26 heavy (non-hydrogen) atoms. The molecule has 2 N–H and O–H groups in total. The van der Waals surface area contributed by atoms with Crippen molar-refractivity contribution in [2.24, 2.45) is 0 Å². The van der Waals surface area contributed by atoms with Gasteiger partial charge in [0, 0.05) is 24.1 Å². The lowest BCUT2D eigenvalue weighted by Gasteiger charge is -2.11.